The molecule has 12 nitrogen and oxygen atoms in total. The summed E-state index contributed by atoms with van der Waals surface area (Å²) < 4.78 is 28.9. The Bertz CT molecular complexity index is 1580. The second-order valence-corrected chi connectivity index (χ2v) is 14.4. The van der Waals surface area contributed by atoms with Crippen LogP contribution < -0.4 is 15.5 Å². The Morgan fingerprint density at radius 3 is 2.64 bits per heavy atom. The summed E-state index contributed by atoms with van der Waals surface area (Å²) in [7, 11) is -3.76. The third-order valence-corrected chi connectivity index (χ3v) is 11.6. The van der Waals surface area contributed by atoms with Gasteiger partial charge in [-0.15, -0.1) is 11.3 Å². The Kier molecular flexibility index (Phi) is 8.39. The maximum Gasteiger partial charge on any atom is 0.317 e. The summed E-state index contributed by atoms with van der Waals surface area (Å²) in [6, 6.07) is 8.81. The van der Waals surface area contributed by atoms with Gasteiger partial charge in [0.25, 0.3) is 10.0 Å². The number of halogens is 1. The van der Waals surface area contributed by atoms with Gasteiger partial charge in [-0.2, -0.15) is 9.29 Å². The molecular weight excluding hydrogens is 600 g/mol. The van der Waals surface area contributed by atoms with E-state index in [-0.39, 0.29) is 29.2 Å². The normalized spacial score (nSPS) is 19.1. The van der Waals surface area contributed by atoms with E-state index >= 15 is 0 Å². The number of piperidine rings is 1. The molecule has 3 saturated heterocycles. The van der Waals surface area contributed by atoms with E-state index < -0.39 is 10.0 Å². The minimum absolute atomic E-state index is 0.0405. The van der Waals surface area contributed by atoms with Crippen LogP contribution in [-0.2, 0) is 14.8 Å². The van der Waals surface area contributed by atoms with Gasteiger partial charge >= 0.3 is 6.03 Å². The predicted octanol–water partition coefficient (Wildman–Crippen LogP) is 2.53. The van der Waals surface area contributed by atoms with E-state index in [2.05, 4.69) is 25.5 Å². The Balaban J connectivity index is 0.980. The zero-order chi connectivity index (χ0) is 29.3. The fraction of sp³-hybridized carbons (Fsp3) is 0.481. The standard InChI is InChI=1S/C27H33ClN8O4S2/c28-21-2-1-20-15-25(41-22(20)16-21)42(39,40)36-14-13-35(24(37)18-36)17-19-4-9-33(10-5-19)23-3-6-29-26(32-23)30-7-11-34-12-8-31-27(34)38/h1-3,6,15-16,19H,4-5,7-14,17-18H2,(H,31,38)(H,29,30,32). The molecule has 42 heavy (non-hydrogen) atoms. The van der Waals surface area contributed by atoms with Crippen molar-refractivity contribution in [1.82, 2.24) is 29.4 Å². The van der Waals surface area contributed by atoms with Crippen LogP contribution in [0.4, 0.5) is 16.6 Å². The lowest BCUT2D eigenvalue weighted by Gasteiger charge is -2.38. The van der Waals surface area contributed by atoms with Crippen LogP contribution in [-0.4, -0.2) is 110 Å². The number of amides is 3. The number of hydrogen-bond donors (Lipinski definition) is 2. The number of carbonyl (C=O) groups excluding carboxylic acids is 2. The number of fused-ring (bicyclic) bond motifs is 1. The lowest BCUT2D eigenvalue weighted by atomic mass is 9.96. The summed E-state index contributed by atoms with van der Waals surface area (Å²) in [4.78, 5) is 39.5. The molecule has 3 aliphatic heterocycles. The van der Waals surface area contributed by atoms with Crippen molar-refractivity contribution < 1.29 is 18.0 Å². The molecule has 224 valence electrons. The number of carbonyl (C=O) groups is 2. The highest BCUT2D eigenvalue weighted by Crippen LogP contribution is 2.33. The average molecular weight is 633 g/mol. The lowest BCUT2D eigenvalue weighted by molar-refractivity contribution is -0.134. The number of benzene rings is 1. The van der Waals surface area contributed by atoms with Crippen LogP contribution >= 0.6 is 22.9 Å². The van der Waals surface area contributed by atoms with Crippen LogP contribution in [0.5, 0.6) is 0 Å². The van der Waals surface area contributed by atoms with E-state index in [1.807, 2.05) is 11.0 Å². The van der Waals surface area contributed by atoms with Gasteiger partial charge < -0.3 is 25.3 Å². The van der Waals surface area contributed by atoms with Gasteiger partial charge in [0.05, 0.1) is 6.54 Å². The predicted molar refractivity (Wildman–Crippen MR) is 163 cm³/mol. The summed E-state index contributed by atoms with van der Waals surface area (Å²) in [5.74, 6) is 1.57. The molecule has 3 amide bonds. The van der Waals surface area contributed by atoms with Crippen LogP contribution in [0.15, 0.2) is 40.7 Å². The van der Waals surface area contributed by atoms with E-state index in [1.54, 1.807) is 35.4 Å². The first kappa shape index (κ1) is 28.9. The minimum Gasteiger partial charge on any atom is -0.356 e. The van der Waals surface area contributed by atoms with Gasteiger partial charge in [-0.25, -0.2) is 18.2 Å². The number of urea groups is 1. The molecule has 3 aliphatic rings. The third kappa shape index (κ3) is 6.26. The smallest absolute Gasteiger partial charge is 0.317 e. The Labute approximate surface area is 253 Å². The van der Waals surface area contributed by atoms with E-state index in [4.69, 9.17) is 11.6 Å². The highest BCUT2D eigenvalue weighted by atomic mass is 35.5. The zero-order valence-corrected chi connectivity index (χ0v) is 25.4. The van der Waals surface area contributed by atoms with Crippen molar-refractivity contribution in [1.29, 1.82) is 0 Å². The van der Waals surface area contributed by atoms with Crippen molar-refractivity contribution in [3.63, 3.8) is 0 Å². The minimum atomic E-state index is -3.76. The molecule has 6 rings (SSSR count). The fourth-order valence-corrected chi connectivity index (χ4v) is 8.82. The van der Waals surface area contributed by atoms with Crippen LogP contribution in [0.2, 0.25) is 5.02 Å². The Morgan fingerprint density at radius 1 is 1.05 bits per heavy atom. The Morgan fingerprint density at radius 2 is 1.88 bits per heavy atom. The number of thiophene rings is 1. The number of piperazine rings is 1. The number of hydrogen-bond acceptors (Lipinski definition) is 9. The highest BCUT2D eigenvalue weighted by Gasteiger charge is 2.35. The molecule has 0 unspecified atom stereocenters. The quantitative estimate of drug-likeness (QED) is 0.368. The van der Waals surface area contributed by atoms with Gasteiger partial charge in [-0.3, -0.25) is 4.79 Å². The maximum atomic E-state index is 13.3. The third-order valence-electron chi connectivity index (χ3n) is 8.01. The molecular formula is C27H33ClN8O4S2. The van der Waals surface area contributed by atoms with E-state index in [1.165, 1.54) is 15.6 Å². The lowest BCUT2D eigenvalue weighted by Crippen LogP contribution is -2.53. The van der Waals surface area contributed by atoms with Gasteiger partial charge in [-0.05, 0) is 48.4 Å². The van der Waals surface area contributed by atoms with Crippen LogP contribution in [0, 0.1) is 5.92 Å². The number of nitrogens with zero attached hydrogens (tertiary/aromatic N) is 6. The van der Waals surface area contributed by atoms with Crippen LogP contribution in [0.3, 0.4) is 0 Å². The van der Waals surface area contributed by atoms with Crippen molar-refractivity contribution in [2.75, 3.05) is 75.7 Å². The zero-order valence-electron chi connectivity index (χ0n) is 23.0. The van der Waals surface area contributed by atoms with Gasteiger partial charge in [0.15, 0.2) is 0 Å². The first-order valence-corrected chi connectivity index (χ1v) is 16.7. The molecule has 0 radical (unpaired) electrons. The van der Waals surface area contributed by atoms with E-state index in [0.717, 1.165) is 41.8 Å². The fourth-order valence-electron chi connectivity index (χ4n) is 5.61. The summed E-state index contributed by atoms with van der Waals surface area (Å²) in [6.07, 6.45) is 3.55. The van der Waals surface area contributed by atoms with E-state index in [9.17, 15) is 18.0 Å². The first-order valence-electron chi connectivity index (χ1n) is 14.1. The molecule has 0 aliphatic carbocycles. The monoisotopic (exact) mass is 632 g/mol. The average Bonchev–Trinajstić information content (AvgIpc) is 3.60. The molecule has 0 bridgehead atoms. The van der Waals surface area contributed by atoms with Crippen LogP contribution in [0.25, 0.3) is 10.1 Å². The summed E-state index contributed by atoms with van der Waals surface area (Å²) >= 11 is 7.24. The maximum absolute atomic E-state index is 13.3. The molecule has 0 saturated carbocycles. The van der Waals surface area contributed by atoms with Crippen molar-refractivity contribution in [3.8, 4) is 0 Å². The molecule has 3 aromatic rings. The molecule has 5 heterocycles. The second-order valence-electron chi connectivity index (χ2n) is 10.7. The number of aromatic nitrogens is 2. The molecule has 3 fully saturated rings. The van der Waals surface area contributed by atoms with Crippen molar-refractivity contribution in [2.45, 2.75) is 17.1 Å². The molecule has 2 N–H and O–H groups in total. The molecule has 15 heteroatoms. The number of nitrogens with one attached hydrogen (secondary N) is 2. The molecule has 0 atom stereocenters. The summed E-state index contributed by atoms with van der Waals surface area (Å²) in [5, 5.41) is 7.38. The van der Waals surface area contributed by atoms with E-state index in [0.29, 0.717) is 56.2 Å². The van der Waals surface area contributed by atoms with Gasteiger partial charge in [0, 0.05) is 74.8 Å². The number of rotatable bonds is 9. The van der Waals surface area contributed by atoms with Gasteiger partial charge in [0.2, 0.25) is 11.9 Å². The first-order chi connectivity index (χ1) is 20.3. The molecule has 1 aromatic carbocycles. The molecule has 0 spiro atoms. The summed E-state index contributed by atoms with van der Waals surface area (Å²) in [5.41, 5.74) is 0. The SMILES string of the molecule is O=C1CN(S(=O)(=O)c2cc3ccc(Cl)cc3s2)CCN1CC1CCN(c2ccnc(NCCN3CCNC3=O)n2)CC1. The van der Waals surface area contributed by atoms with Gasteiger partial charge in [0.1, 0.15) is 10.0 Å². The number of sulfonamides is 1. The van der Waals surface area contributed by atoms with Crippen molar-refractivity contribution >= 4 is 66.8 Å². The number of anilines is 2. The topological polar surface area (TPSA) is 131 Å². The Hall–Kier alpha value is -3.20. The summed E-state index contributed by atoms with van der Waals surface area (Å²) in [6.45, 7) is 5.32. The van der Waals surface area contributed by atoms with Gasteiger partial charge in [-0.1, -0.05) is 17.7 Å². The van der Waals surface area contributed by atoms with Crippen LogP contribution in [0.1, 0.15) is 12.8 Å². The molecule has 2 aromatic heterocycles. The van der Waals surface area contributed by atoms with Crippen molar-refractivity contribution in [3.05, 3.63) is 41.6 Å². The van der Waals surface area contributed by atoms with Crippen molar-refractivity contribution in [2.24, 2.45) is 5.92 Å². The largest absolute Gasteiger partial charge is 0.356 e. The highest BCUT2D eigenvalue weighted by molar-refractivity contribution is 7.91. The second kappa shape index (κ2) is 12.2.